The molecule has 0 spiro atoms. The Kier molecular flexibility index (Phi) is 7.75. The van der Waals surface area contributed by atoms with Crippen molar-refractivity contribution in [2.75, 3.05) is 25.0 Å². The van der Waals surface area contributed by atoms with Gasteiger partial charge in [-0.05, 0) is 48.8 Å². The molecule has 0 fully saturated rings. The van der Waals surface area contributed by atoms with Gasteiger partial charge in [-0.3, -0.25) is 4.99 Å². The number of alkyl halides is 6. The molecule has 0 bridgehead atoms. The zero-order valence-electron chi connectivity index (χ0n) is 17.5. The number of halogens is 6. The second-order valence-electron chi connectivity index (χ2n) is 7.45. The first-order valence-corrected chi connectivity index (χ1v) is 10.2. The van der Waals surface area contributed by atoms with Gasteiger partial charge in [-0.2, -0.15) is 26.3 Å². The van der Waals surface area contributed by atoms with Gasteiger partial charge >= 0.3 is 12.4 Å². The molecule has 4 N–H and O–H groups in total. The Bertz CT molecular complexity index is 1010. The Morgan fingerprint density at radius 2 is 1.70 bits per heavy atom. The molecule has 11 heteroatoms. The number of para-hydroxylation sites is 1. The number of hydrogen-bond donors (Lipinski definition) is 3. The second-order valence-corrected chi connectivity index (χ2v) is 7.45. The van der Waals surface area contributed by atoms with Crippen molar-refractivity contribution < 1.29 is 26.3 Å². The number of rotatable bonds is 7. The second kappa shape index (κ2) is 10.3. The van der Waals surface area contributed by atoms with Gasteiger partial charge in [-0.1, -0.05) is 24.3 Å². The predicted molar refractivity (Wildman–Crippen MR) is 115 cm³/mol. The van der Waals surface area contributed by atoms with Crippen LogP contribution >= 0.6 is 0 Å². The highest BCUT2D eigenvalue weighted by Gasteiger charge is 2.35. The third-order valence-electron chi connectivity index (χ3n) is 5.03. The summed E-state index contributed by atoms with van der Waals surface area (Å²) in [5, 5.41) is 5.48. The van der Waals surface area contributed by atoms with E-state index in [4.69, 9.17) is 5.73 Å². The van der Waals surface area contributed by atoms with Crippen LogP contribution in [0.4, 0.5) is 32.0 Å². The minimum absolute atomic E-state index is 0.0419. The highest BCUT2D eigenvalue weighted by Crippen LogP contribution is 2.36. The maximum Gasteiger partial charge on any atom is 0.418 e. The number of nitrogens with two attached hydrogens (primary N) is 1. The summed E-state index contributed by atoms with van der Waals surface area (Å²) < 4.78 is 80.2. The van der Waals surface area contributed by atoms with Crippen molar-refractivity contribution in [3.8, 4) is 0 Å². The number of benzene rings is 2. The Balaban J connectivity index is 1.73. The van der Waals surface area contributed by atoms with Gasteiger partial charge in [0.05, 0.1) is 23.4 Å². The quantitative estimate of drug-likeness (QED) is 0.401. The molecule has 3 rings (SSSR count). The lowest BCUT2D eigenvalue weighted by Crippen LogP contribution is -2.22. The number of guanidine groups is 1. The number of anilines is 1. The van der Waals surface area contributed by atoms with Gasteiger partial charge in [0.25, 0.3) is 0 Å². The standard InChI is InChI=1S/C22H23F6N5/c23-21(24,25)17-4-1-2-5-19(17)33-20-31-12-16(13-32-20)14-6-7-15(11-30-9-3-8-29)18(10-14)22(26,27)28/h1-2,4-7,10,12,16,30H,3,8-9,11,13,29H2,(H,32,33). The molecule has 0 radical (unpaired) electrons. The predicted octanol–water partition coefficient (Wildman–Crippen LogP) is 4.80. The molecule has 1 aliphatic rings. The van der Waals surface area contributed by atoms with E-state index in [9.17, 15) is 26.3 Å². The van der Waals surface area contributed by atoms with Gasteiger partial charge in [0, 0.05) is 18.7 Å². The van der Waals surface area contributed by atoms with Crippen LogP contribution in [-0.2, 0) is 18.9 Å². The van der Waals surface area contributed by atoms with Crippen LogP contribution in [0, 0.1) is 0 Å². The highest BCUT2D eigenvalue weighted by atomic mass is 19.4. The minimum atomic E-state index is -4.56. The zero-order chi connectivity index (χ0) is 24.1. The van der Waals surface area contributed by atoms with E-state index in [0.29, 0.717) is 25.1 Å². The molecule has 2 aromatic carbocycles. The summed E-state index contributed by atoms with van der Waals surface area (Å²) in [6.45, 7) is 1.05. The molecule has 1 unspecified atom stereocenters. The molecular weight excluding hydrogens is 448 g/mol. The van der Waals surface area contributed by atoms with Gasteiger partial charge < -0.3 is 16.4 Å². The van der Waals surface area contributed by atoms with Crippen LogP contribution in [0.3, 0.4) is 0 Å². The van der Waals surface area contributed by atoms with Gasteiger partial charge in [0.2, 0.25) is 5.96 Å². The van der Waals surface area contributed by atoms with E-state index in [0.717, 1.165) is 12.1 Å². The molecule has 0 saturated carbocycles. The molecule has 5 nitrogen and oxygen atoms in total. The van der Waals surface area contributed by atoms with Crippen LogP contribution in [0.5, 0.6) is 0 Å². The maximum atomic E-state index is 13.6. The summed E-state index contributed by atoms with van der Waals surface area (Å²) in [6, 6.07) is 8.97. The van der Waals surface area contributed by atoms with Crippen LogP contribution in [-0.4, -0.2) is 31.8 Å². The molecule has 0 saturated heterocycles. The minimum Gasteiger partial charge on any atom is -0.330 e. The molecule has 33 heavy (non-hydrogen) atoms. The van der Waals surface area contributed by atoms with Crippen molar-refractivity contribution >= 4 is 17.9 Å². The zero-order valence-corrected chi connectivity index (χ0v) is 17.5. The SMILES string of the molecule is NCCCNCc1ccc(C2C=NC(Nc3ccccc3C(F)(F)F)=NC2)cc1C(F)(F)F. The van der Waals surface area contributed by atoms with Gasteiger partial charge in [-0.25, -0.2) is 4.99 Å². The first-order chi connectivity index (χ1) is 15.6. The van der Waals surface area contributed by atoms with E-state index in [1.54, 1.807) is 6.07 Å². The summed E-state index contributed by atoms with van der Waals surface area (Å²) in [7, 11) is 0. The molecule has 1 atom stereocenters. The van der Waals surface area contributed by atoms with E-state index in [1.165, 1.54) is 30.5 Å². The lowest BCUT2D eigenvalue weighted by Gasteiger charge is -2.20. The van der Waals surface area contributed by atoms with Gasteiger partial charge in [-0.15, -0.1) is 0 Å². The van der Waals surface area contributed by atoms with E-state index < -0.39 is 29.4 Å². The van der Waals surface area contributed by atoms with Crippen molar-refractivity contribution in [3.05, 3.63) is 64.7 Å². The third-order valence-corrected chi connectivity index (χ3v) is 5.03. The van der Waals surface area contributed by atoms with Gasteiger partial charge in [0.15, 0.2) is 0 Å². The van der Waals surface area contributed by atoms with Crippen LogP contribution in [0.1, 0.15) is 34.6 Å². The topological polar surface area (TPSA) is 74.8 Å². The fraction of sp³-hybridized carbons (Fsp3) is 0.364. The maximum absolute atomic E-state index is 13.6. The largest absolute Gasteiger partial charge is 0.418 e. The van der Waals surface area contributed by atoms with Crippen LogP contribution in [0.15, 0.2) is 52.4 Å². The highest BCUT2D eigenvalue weighted by molar-refractivity contribution is 6.01. The number of hydrogen-bond acceptors (Lipinski definition) is 5. The molecule has 1 aliphatic heterocycles. The lowest BCUT2D eigenvalue weighted by atomic mass is 9.94. The molecule has 0 aliphatic carbocycles. The van der Waals surface area contributed by atoms with Crippen molar-refractivity contribution in [2.24, 2.45) is 15.7 Å². The summed E-state index contributed by atoms with van der Waals surface area (Å²) >= 11 is 0. The van der Waals surface area contributed by atoms with E-state index in [2.05, 4.69) is 20.6 Å². The van der Waals surface area contributed by atoms with Crippen molar-refractivity contribution in [1.82, 2.24) is 5.32 Å². The van der Waals surface area contributed by atoms with Crippen molar-refractivity contribution in [3.63, 3.8) is 0 Å². The number of aliphatic imine (C=N–C) groups is 2. The van der Waals surface area contributed by atoms with E-state index in [-0.39, 0.29) is 30.3 Å². The monoisotopic (exact) mass is 471 g/mol. The Morgan fingerprint density at radius 3 is 2.33 bits per heavy atom. The smallest absolute Gasteiger partial charge is 0.330 e. The van der Waals surface area contributed by atoms with Crippen molar-refractivity contribution in [1.29, 1.82) is 0 Å². The van der Waals surface area contributed by atoms with Gasteiger partial charge in [0.1, 0.15) is 0 Å². The average molecular weight is 471 g/mol. The third kappa shape index (κ3) is 6.55. The van der Waals surface area contributed by atoms with E-state index >= 15 is 0 Å². The first kappa shape index (κ1) is 24.7. The number of nitrogens with one attached hydrogen (secondary N) is 2. The Labute approximate surface area is 186 Å². The summed E-state index contributed by atoms with van der Waals surface area (Å²) in [4.78, 5) is 8.16. The molecule has 1 heterocycles. The molecular formula is C22H23F6N5. The molecule has 0 aromatic heterocycles. The fourth-order valence-corrected chi connectivity index (χ4v) is 3.35. The Hall–Kier alpha value is -2.92. The summed E-state index contributed by atoms with van der Waals surface area (Å²) in [5.41, 5.74) is 4.06. The van der Waals surface area contributed by atoms with Crippen LogP contribution in [0.25, 0.3) is 0 Å². The molecule has 178 valence electrons. The normalized spacial score (nSPS) is 16.6. The van der Waals surface area contributed by atoms with Crippen molar-refractivity contribution in [2.45, 2.75) is 31.2 Å². The first-order valence-electron chi connectivity index (χ1n) is 10.2. The summed E-state index contributed by atoms with van der Waals surface area (Å²) in [5.74, 6) is -0.575. The number of nitrogens with zero attached hydrogens (tertiary/aromatic N) is 2. The molecule has 0 amide bonds. The van der Waals surface area contributed by atoms with E-state index in [1.807, 2.05) is 0 Å². The average Bonchev–Trinajstić information content (AvgIpc) is 2.76. The van der Waals surface area contributed by atoms with Crippen LogP contribution < -0.4 is 16.4 Å². The summed E-state index contributed by atoms with van der Waals surface area (Å²) in [6.07, 6.45) is -7.05. The fourth-order valence-electron chi connectivity index (χ4n) is 3.35. The van der Waals surface area contributed by atoms with Crippen LogP contribution in [0.2, 0.25) is 0 Å². The molecule has 2 aromatic rings. The Morgan fingerprint density at radius 1 is 0.970 bits per heavy atom. The lowest BCUT2D eigenvalue weighted by molar-refractivity contribution is -0.138.